The molecule has 0 aliphatic rings. The van der Waals surface area contributed by atoms with Gasteiger partial charge in [-0.1, -0.05) is 58.2 Å². The van der Waals surface area contributed by atoms with E-state index in [2.05, 4.69) is 35.1 Å². The van der Waals surface area contributed by atoms with Crippen LogP contribution in [0.1, 0.15) is 63.4 Å². The van der Waals surface area contributed by atoms with E-state index in [1.54, 1.807) is 24.3 Å². The van der Waals surface area contributed by atoms with Gasteiger partial charge in [0.15, 0.2) is 10.8 Å². The third-order valence-corrected chi connectivity index (χ3v) is 5.15. The number of aromatic nitrogens is 2. The number of unbranched alkanes of at least 4 members (excludes halogenated alkanes) is 1. The Hall–Kier alpha value is -2.48. The maximum atomic E-state index is 12.7. The molecule has 0 aliphatic carbocycles. The molecule has 7 nitrogen and oxygen atoms in total. The first-order valence-corrected chi connectivity index (χ1v) is 10.8. The van der Waals surface area contributed by atoms with E-state index >= 15 is 0 Å². The number of hydrazine groups is 1. The van der Waals surface area contributed by atoms with Gasteiger partial charge in [-0.2, -0.15) is 5.10 Å². The number of amides is 1. The molecule has 1 amide bonds. The Bertz CT molecular complexity index is 896. The van der Waals surface area contributed by atoms with Crippen molar-refractivity contribution in [3.05, 3.63) is 40.3 Å². The number of carbonyl (C=O) groups is 1. The molecule has 1 aromatic carbocycles. The first-order chi connectivity index (χ1) is 14.0. The van der Waals surface area contributed by atoms with Crippen molar-refractivity contribution in [2.75, 3.05) is 6.54 Å². The number of thiocarbonyl (C=S) groups is 1. The molecule has 8 heteroatoms. The van der Waals surface area contributed by atoms with Gasteiger partial charge in [0.05, 0.1) is 5.39 Å². The van der Waals surface area contributed by atoms with Crippen LogP contribution >= 0.6 is 12.2 Å². The van der Waals surface area contributed by atoms with Crippen molar-refractivity contribution < 1.29 is 4.79 Å². The molecule has 0 aliphatic heterocycles. The quantitative estimate of drug-likeness (QED) is 0.429. The van der Waals surface area contributed by atoms with Crippen LogP contribution in [0.4, 0.5) is 0 Å². The standard InChI is InChI=1S/C21H31N5O2S/c1-4-7-10-15(6-3)14-22-21(29)24-23-19(27)18-16-11-8-9-12-17(16)20(28)26(25-18)13-5-2/h8-9,11-12,15H,4-7,10,13-14H2,1-3H3,(H,23,27)(H2,22,24,29)/t15-/m1/s1. The molecular formula is C21H31N5O2S. The fraction of sp³-hybridized carbons (Fsp3) is 0.524. The lowest BCUT2D eigenvalue weighted by atomic mass is 9.99. The molecule has 1 heterocycles. The molecule has 29 heavy (non-hydrogen) atoms. The number of nitrogens with one attached hydrogen (secondary N) is 3. The molecule has 1 aromatic heterocycles. The van der Waals surface area contributed by atoms with Crippen LogP contribution in [0.2, 0.25) is 0 Å². The smallest absolute Gasteiger partial charge is 0.290 e. The van der Waals surface area contributed by atoms with Gasteiger partial charge in [0.2, 0.25) is 0 Å². The summed E-state index contributed by atoms with van der Waals surface area (Å²) in [7, 11) is 0. The van der Waals surface area contributed by atoms with Crippen molar-refractivity contribution in [1.29, 1.82) is 0 Å². The number of carbonyl (C=O) groups excluding carboxylic acids is 1. The highest BCUT2D eigenvalue weighted by atomic mass is 32.1. The molecule has 0 bridgehead atoms. The van der Waals surface area contributed by atoms with Crippen LogP contribution in [-0.2, 0) is 6.54 Å². The van der Waals surface area contributed by atoms with Crippen molar-refractivity contribution in [3.8, 4) is 0 Å². The van der Waals surface area contributed by atoms with Crippen molar-refractivity contribution in [3.63, 3.8) is 0 Å². The number of benzene rings is 1. The van der Waals surface area contributed by atoms with E-state index in [0.717, 1.165) is 25.8 Å². The summed E-state index contributed by atoms with van der Waals surface area (Å²) < 4.78 is 1.34. The molecule has 2 rings (SSSR count). The van der Waals surface area contributed by atoms with Crippen molar-refractivity contribution in [1.82, 2.24) is 25.9 Å². The van der Waals surface area contributed by atoms with E-state index in [0.29, 0.717) is 28.3 Å². The fourth-order valence-corrected chi connectivity index (χ4v) is 3.30. The molecule has 0 saturated carbocycles. The molecule has 158 valence electrons. The predicted molar refractivity (Wildman–Crippen MR) is 121 cm³/mol. The van der Waals surface area contributed by atoms with Crippen LogP contribution in [0.5, 0.6) is 0 Å². The fourth-order valence-electron chi connectivity index (χ4n) is 3.16. The number of hydrogen-bond acceptors (Lipinski definition) is 4. The number of aryl methyl sites for hydroxylation is 1. The van der Waals surface area contributed by atoms with Gasteiger partial charge in [0, 0.05) is 18.5 Å². The van der Waals surface area contributed by atoms with Gasteiger partial charge in [-0.15, -0.1) is 0 Å². The Morgan fingerprint density at radius 3 is 2.52 bits per heavy atom. The van der Waals surface area contributed by atoms with E-state index in [1.165, 1.54) is 17.5 Å². The molecule has 0 radical (unpaired) electrons. The normalized spacial score (nSPS) is 11.8. The van der Waals surface area contributed by atoms with E-state index in [4.69, 9.17) is 12.2 Å². The van der Waals surface area contributed by atoms with Gasteiger partial charge in [-0.25, -0.2) is 4.68 Å². The topological polar surface area (TPSA) is 88.0 Å². The molecule has 3 N–H and O–H groups in total. The highest BCUT2D eigenvalue weighted by Gasteiger charge is 2.16. The molecular weight excluding hydrogens is 386 g/mol. The zero-order valence-corrected chi connectivity index (χ0v) is 18.3. The van der Waals surface area contributed by atoms with Gasteiger partial charge < -0.3 is 5.32 Å². The van der Waals surface area contributed by atoms with Gasteiger partial charge in [-0.05, 0) is 37.0 Å². The zero-order valence-electron chi connectivity index (χ0n) is 17.5. The van der Waals surface area contributed by atoms with Gasteiger partial charge in [0.1, 0.15) is 0 Å². The molecule has 1 atom stereocenters. The minimum absolute atomic E-state index is 0.193. The number of fused-ring (bicyclic) bond motifs is 1. The average Bonchev–Trinajstić information content (AvgIpc) is 2.74. The first kappa shape index (κ1) is 22.8. The maximum Gasteiger partial charge on any atom is 0.290 e. The Labute approximate surface area is 177 Å². The minimum atomic E-state index is -0.437. The molecule has 0 unspecified atom stereocenters. The minimum Gasteiger partial charge on any atom is -0.361 e. The first-order valence-electron chi connectivity index (χ1n) is 10.4. The molecule has 0 fully saturated rings. The molecule has 0 spiro atoms. The van der Waals surface area contributed by atoms with Crippen molar-refractivity contribution >= 4 is 34.0 Å². The monoisotopic (exact) mass is 417 g/mol. The van der Waals surface area contributed by atoms with Crippen LogP contribution in [-0.4, -0.2) is 27.3 Å². The lowest BCUT2D eigenvalue weighted by Gasteiger charge is -2.17. The van der Waals surface area contributed by atoms with Crippen LogP contribution in [0, 0.1) is 5.92 Å². The SMILES string of the molecule is CCCC[C@@H](CC)CNC(=S)NNC(=O)c1nn(CCC)c(=O)c2ccccc12. The Morgan fingerprint density at radius 2 is 1.86 bits per heavy atom. The van der Waals surface area contributed by atoms with Crippen LogP contribution in [0.3, 0.4) is 0 Å². The van der Waals surface area contributed by atoms with E-state index in [9.17, 15) is 9.59 Å². The van der Waals surface area contributed by atoms with Crippen LogP contribution < -0.4 is 21.7 Å². The average molecular weight is 418 g/mol. The lowest BCUT2D eigenvalue weighted by molar-refractivity contribution is 0.0938. The second kappa shape index (κ2) is 11.5. The van der Waals surface area contributed by atoms with E-state index in [1.807, 2.05) is 6.92 Å². The Balaban J connectivity index is 2.05. The van der Waals surface area contributed by atoms with Gasteiger partial charge >= 0.3 is 0 Å². The Kier molecular flexibility index (Phi) is 9.05. The summed E-state index contributed by atoms with van der Waals surface area (Å²) in [6.45, 7) is 7.53. The van der Waals surface area contributed by atoms with Gasteiger partial charge in [0.25, 0.3) is 11.5 Å². The summed E-state index contributed by atoms with van der Waals surface area (Å²) in [4.78, 5) is 25.3. The van der Waals surface area contributed by atoms with Crippen molar-refractivity contribution in [2.45, 2.75) is 59.4 Å². The Morgan fingerprint density at radius 1 is 1.14 bits per heavy atom. The highest BCUT2D eigenvalue weighted by molar-refractivity contribution is 7.80. The van der Waals surface area contributed by atoms with E-state index in [-0.39, 0.29) is 11.3 Å². The summed E-state index contributed by atoms with van der Waals surface area (Å²) >= 11 is 5.27. The summed E-state index contributed by atoms with van der Waals surface area (Å²) in [6, 6.07) is 7.00. The summed E-state index contributed by atoms with van der Waals surface area (Å²) in [6.07, 6.45) is 5.36. The second-order valence-corrected chi connectivity index (χ2v) is 7.54. The van der Waals surface area contributed by atoms with Gasteiger partial charge in [-0.3, -0.25) is 20.4 Å². The highest BCUT2D eigenvalue weighted by Crippen LogP contribution is 2.13. The van der Waals surface area contributed by atoms with Crippen molar-refractivity contribution in [2.24, 2.45) is 5.92 Å². The summed E-state index contributed by atoms with van der Waals surface area (Å²) in [5.74, 6) is 0.113. The largest absolute Gasteiger partial charge is 0.361 e. The lowest BCUT2D eigenvalue weighted by Crippen LogP contribution is -2.48. The summed E-state index contributed by atoms with van der Waals surface area (Å²) in [5.41, 5.74) is 5.33. The third-order valence-electron chi connectivity index (χ3n) is 4.90. The second-order valence-electron chi connectivity index (χ2n) is 7.13. The number of hydrogen-bond donors (Lipinski definition) is 3. The molecule has 0 saturated heterocycles. The third kappa shape index (κ3) is 6.25. The molecule has 2 aromatic rings. The maximum absolute atomic E-state index is 12.7. The summed E-state index contributed by atoms with van der Waals surface area (Å²) in [5, 5.41) is 8.79. The number of rotatable bonds is 9. The number of nitrogens with zero attached hydrogens (tertiary/aromatic N) is 2. The van der Waals surface area contributed by atoms with Crippen LogP contribution in [0.25, 0.3) is 10.8 Å². The predicted octanol–water partition coefficient (Wildman–Crippen LogP) is 3.13. The van der Waals surface area contributed by atoms with E-state index < -0.39 is 5.91 Å². The van der Waals surface area contributed by atoms with Crippen LogP contribution in [0.15, 0.2) is 29.1 Å². The zero-order chi connectivity index (χ0) is 21.2.